The maximum absolute atomic E-state index is 5.25. The van der Waals surface area contributed by atoms with Crippen molar-refractivity contribution < 1.29 is 0 Å². The Morgan fingerprint density at radius 2 is 1.40 bits per heavy atom. The van der Waals surface area contributed by atoms with Gasteiger partial charge < -0.3 is 5.32 Å². The zero-order chi connectivity index (χ0) is 24.3. The molecule has 2 saturated carbocycles. The van der Waals surface area contributed by atoms with Crippen LogP contribution in [0.25, 0.3) is 10.9 Å². The predicted molar refractivity (Wildman–Crippen MR) is 151 cm³/mol. The molecule has 0 radical (unpaired) electrons. The molecule has 0 bridgehead atoms. The van der Waals surface area contributed by atoms with Gasteiger partial charge in [-0.2, -0.15) is 0 Å². The Kier molecular flexibility index (Phi) is 10.3. The molecule has 3 heteroatoms. The third-order valence-corrected chi connectivity index (χ3v) is 8.76. The van der Waals surface area contributed by atoms with E-state index in [-0.39, 0.29) is 0 Å². The van der Waals surface area contributed by atoms with Gasteiger partial charge in [0.25, 0.3) is 0 Å². The maximum Gasteiger partial charge on any atom is 0.137 e. The van der Waals surface area contributed by atoms with Crippen LogP contribution in [0, 0.1) is 11.3 Å². The fourth-order valence-electron chi connectivity index (χ4n) is 6.61. The highest BCUT2D eigenvalue weighted by Gasteiger charge is 2.27. The van der Waals surface area contributed by atoms with Crippen LogP contribution in [-0.2, 0) is 0 Å². The molecule has 0 aliphatic heterocycles. The lowest BCUT2D eigenvalue weighted by Gasteiger charge is -2.29. The first-order valence-corrected chi connectivity index (χ1v) is 15.1. The van der Waals surface area contributed by atoms with Crippen molar-refractivity contribution in [1.29, 1.82) is 0 Å². The molecule has 0 spiro atoms. The smallest absolute Gasteiger partial charge is 0.137 e. The Bertz CT molecular complexity index is 880. The molecule has 2 aliphatic carbocycles. The van der Waals surface area contributed by atoms with Gasteiger partial charge in [0.05, 0.1) is 5.52 Å². The number of anilines is 1. The van der Waals surface area contributed by atoms with Crippen LogP contribution in [0.1, 0.15) is 141 Å². The zero-order valence-corrected chi connectivity index (χ0v) is 22.8. The van der Waals surface area contributed by atoms with Gasteiger partial charge in [0.2, 0.25) is 0 Å². The average molecular weight is 478 g/mol. The number of hydrogen-bond acceptors (Lipinski definition) is 3. The van der Waals surface area contributed by atoms with Gasteiger partial charge >= 0.3 is 0 Å². The molecule has 1 N–H and O–H groups in total. The Morgan fingerprint density at radius 3 is 2.14 bits per heavy atom. The topological polar surface area (TPSA) is 37.8 Å². The van der Waals surface area contributed by atoms with Gasteiger partial charge in [0.15, 0.2) is 0 Å². The molecule has 3 nitrogen and oxygen atoms in total. The minimum Gasteiger partial charge on any atom is -0.369 e. The van der Waals surface area contributed by atoms with Gasteiger partial charge in [0.1, 0.15) is 11.6 Å². The lowest BCUT2D eigenvalue weighted by atomic mass is 9.77. The first-order valence-electron chi connectivity index (χ1n) is 15.1. The highest BCUT2D eigenvalue weighted by molar-refractivity contribution is 5.89. The van der Waals surface area contributed by atoms with Crippen LogP contribution >= 0.6 is 0 Å². The van der Waals surface area contributed by atoms with Crippen LogP contribution in [-0.4, -0.2) is 16.5 Å². The van der Waals surface area contributed by atoms with Gasteiger partial charge in [-0.3, -0.25) is 0 Å². The molecule has 0 saturated heterocycles. The van der Waals surface area contributed by atoms with Crippen LogP contribution in [0.3, 0.4) is 0 Å². The number of nitrogens with one attached hydrogen (secondary N) is 1. The van der Waals surface area contributed by atoms with Crippen molar-refractivity contribution >= 4 is 16.7 Å². The summed E-state index contributed by atoms with van der Waals surface area (Å²) in [6, 6.07) is 8.63. The van der Waals surface area contributed by atoms with E-state index in [9.17, 15) is 0 Å². The normalized spacial score (nSPS) is 23.5. The number of para-hydroxylation sites is 1. The maximum atomic E-state index is 5.25. The zero-order valence-electron chi connectivity index (χ0n) is 22.8. The summed E-state index contributed by atoms with van der Waals surface area (Å²) in [6.45, 7) is 5.96. The summed E-state index contributed by atoms with van der Waals surface area (Å²) < 4.78 is 0. The number of hydrogen-bond donors (Lipinski definition) is 1. The molecule has 194 valence electrons. The van der Waals surface area contributed by atoms with Crippen molar-refractivity contribution in [2.75, 3.05) is 11.9 Å². The summed E-state index contributed by atoms with van der Waals surface area (Å²) in [7, 11) is 0. The molecule has 1 atom stereocenters. The molecule has 1 aromatic heterocycles. The summed E-state index contributed by atoms with van der Waals surface area (Å²) in [5, 5.41) is 4.98. The molecule has 2 aromatic rings. The molecule has 1 heterocycles. The highest BCUT2D eigenvalue weighted by atomic mass is 15.0. The van der Waals surface area contributed by atoms with E-state index in [1.54, 1.807) is 0 Å². The van der Waals surface area contributed by atoms with Gasteiger partial charge in [-0.1, -0.05) is 116 Å². The Morgan fingerprint density at radius 1 is 0.771 bits per heavy atom. The van der Waals surface area contributed by atoms with E-state index in [2.05, 4.69) is 43.4 Å². The van der Waals surface area contributed by atoms with E-state index in [4.69, 9.17) is 9.97 Å². The van der Waals surface area contributed by atoms with Crippen LogP contribution in [0.4, 0.5) is 5.82 Å². The van der Waals surface area contributed by atoms with Crippen molar-refractivity contribution in [3.8, 4) is 0 Å². The average Bonchev–Trinajstić information content (AvgIpc) is 2.96. The van der Waals surface area contributed by atoms with Crippen molar-refractivity contribution in [3.05, 3.63) is 30.1 Å². The van der Waals surface area contributed by atoms with E-state index < -0.39 is 0 Å². The lowest BCUT2D eigenvalue weighted by Crippen LogP contribution is -2.19. The molecule has 0 amide bonds. The van der Waals surface area contributed by atoms with Gasteiger partial charge in [-0.05, 0) is 49.1 Å². The van der Waals surface area contributed by atoms with E-state index in [1.807, 2.05) is 0 Å². The second-order valence-electron chi connectivity index (χ2n) is 12.5. The Hall–Kier alpha value is -1.64. The number of aromatic nitrogens is 2. The fourth-order valence-corrected chi connectivity index (χ4v) is 6.61. The quantitative estimate of drug-likeness (QED) is 0.465. The molecule has 35 heavy (non-hydrogen) atoms. The summed E-state index contributed by atoms with van der Waals surface area (Å²) in [6.07, 6.45) is 24.7. The summed E-state index contributed by atoms with van der Waals surface area (Å²) in [5.74, 6) is 3.49. The number of benzene rings is 1. The van der Waals surface area contributed by atoms with E-state index in [1.165, 1.54) is 121 Å². The second kappa shape index (κ2) is 13.6. The fraction of sp³-hybridized carbons (Fsp3) is 0.750. The SMILES string of the molecule is CC1(C)CCCCCCCCC(c2nc(NCCC3CCCCCCCC3)c3ccccc3n2)C1. The second-order valence-corrected chi connectivity index (χ2v) is 12.5. The molecular formula is C32H51N3. The van der Waals surface area contributed by atoms with Gasteiger partial charge in [-0.25, -0.2) is 9.97 Å². The van der Waals surface area contributed by atoms with Crippen LogP contribution in [0.2, 0.25) is 0 Å². The third kappa shape index (κ3) is 8.46. The molecule has 2 fully saturated rings. The van der Waals surface area contributed by atoms with Gasteiger partial charge in [0, 0.05) is 17.8 Å². The summed E-state index contributed by atoms with van der Waals surface area (Å²) in [5.41, 5.74) is 1.46. The Balaban J connectivity index is 1.50. The third-order valence-electron chi connectivity index (χ3n) is 8.76. The first-order chi connectivity index (χ1) is 17.1. The van der Waals surface area contributed by atoms with Crippen LogP contribution in [0.15, 0.2) is 24.3 Å². The van der Waals surface area contributed by atoms with E-state index in [0.717, 1.165) is 29.6 Å². The number of rotatable bonds is 5. The van der Waals surface area contributed by atoms with E-state index in [0.29, 0.717) is 11.3 Å². The lowest BCUT2D eigenvalue weighted by molar-refractivity contribution is 0.263. The van der Waals surface area contributed by atoms with E-state index >= 15 is 0 Å². The summed E-state index contributed by atoms with van der Waals surface area (Å²) >= 11 is 0. The number of fused-ring (bicyclic) bond motifs is 1. The predicted octanol–water partition coefficient (Wildman–Crippen LogP) is 9.82. The van der Waals surface area contributed by atoms with Crippen molar-refractivity contribution in [2.24, 2.45) is 11.3 Å². The Labute approximate surface area is 215 Å². The van der Waals surface area contributed by atoms with Crippen LogP contribution in [0.5, 0.6) is 0 Å². The highest BCUT2D eigenvalue weighted by Crippen LogP contribution is 2.39. The monoisotopic (exact) mass is 477 g/mol. The van der Waals surface area contributed by atoms with Crippen LogP contribution < -0.4 is 5.32 Å². The van der Waals surface area contributed by atoms with Gasteiger partial charge in [-0.15, -0.1) is 0 Å². The van der Waals surface area contributed by atoms with Crippen molar-refractivity contribution in [3.63, 3.8) is 0 Å². The number of nitrogens with zero attached hydrogens (tertiary/aromatic N) is 2. The molecule has 1 unspecified atom stereocenters. The largest absolute Gasteiger partial charge is 0.369 e. The minimum atomic E-state index is 0.356. The molecule has 2 aliphatic rings. The standard InChI is InChI=1S/C32H51N3/c1-32(2)23-16-10-6-5-9-13-19-27(25-32)30-34-29-21-15-14-20-28(29)31(35-30)33-24-22-26-17-11-7-3-4-8-12-18-26/h14-15,20-21,26-27H,3-13,16-19,22-25H2,1-2H3,(H,33,34,35). The minimum absolute atomic E-state index is 0.356. The summed E-state index contributed by atoms with van der Waals surface area (Å²) in [4.78, 5) is 10.4. The molecule has 1 aromatic carbocycles. The first kappa shape index (κ1) is 26.4. The molecule has 4 rings (SSSR count). The van der Waals surface area contributed by atoms with Crippen molar-refractivity contribution in [1.82, 2.24) is 9.97 Å². The molecular weight excluding hydrogens is 426 g/mol. The van der Waals surface area contributed by atoms with Crippen molar-refractivity contribution in [2.45, 2.75) is 135 Å².